The summed E-state index contributed by atoms with van der Waals surface area (Å²) in [5, 5.41) is 0. The fourth-order valence-electron chi connectivity index (χ4n) is 3.45. The summed E-state index contributed by atoms with van der Waals surface area (Å²) in [6, 6.07) is 13.9. The largest absolute Gasteiger partial charge is 0.437 e. The number of carbonyl (C=O) groups excluding carboxylic acids is 1. The van der Waals surface area contributed by atoms with Gasteiger partial charge in [0, 0.05) is 23.9 Å². The molecule has 0 saturated carbocycles. The van der Waals surface area contributed by atoms with Crippen molar-refractivity contribution in [3.63, 3.8) is 0 Å². The van der Waals surface area contributed by atoms with Gasteiger partial charge in [-0.05, 0) is 36.2 Å². The minimum Gasteiger partial charge on any atom is -0.437 e. The van der Waals surface area contributed by atoms with Crippen molar-refractivity contribution >= 4 is 22.0 Å². The number of carbonyl (C=O) groups is 1. The lowest BCUT2D eigenvalue weighted by atomic mass is 9.85. The highest BCUT2D eigenvalue weighted by Crippen LogP contribution is 2.40. The number of halogens is 2. The Labute approximate surface area is 161 Å². The van der Waals surface area contributed by atoms with E-state index in [4.69, 9.17) is 4.74 Å². The topological polar surface area (TPSA) is 29.5 Å². The molecule has 1 aliphatic rings. The van der Waals surface area contributed by atoms with Crippen LogP contribution in [0, 0.1) is 5.82 Å². The predicted molar refractivity (Wildman–Crippen MR) is 103 cm³/mol. The van der Waals surface area contributed by atoms with Gasteiger partial charge in [-0.1, -0.05) is 52.3 Å². The Hall–Kier alpha value is -2.14. The molecule has 1 saturated heterocycles. The minimum atomic E-state index is -0.795. The standard InChI is InChI=1S/C21H21BrFNO2/c1-3-12-21(16-8-10-17(23)11-9-16)13-14-24(20(25)26-21)15(2)18-6-4-5-7-19(18)22/h3-11,15H,1,12-14H2,2H3. The summed E-state index contributed by atoms with van der Waals surface area (Å²) in [4.78, 5) is 14.6. The van der Waals surface area contributed by atoms with Crippen LogP contribution in [0.3, 0.4) is 0 Å². The molecule has 1 aliphatic heterocycles. The van der Waals surface area contributed by atoms with E-state index in [0.717, 1.165) is 15.6 Å². The molecule has 2 aromatic carbocycles. The maximum atomic E-state index is 13.3. The van der Waals surface area contributed by atoms with E-state index >= 15 is 0 Å². The molecule has 0 aliphatic carbocycles. The molecule has 0 bridgehead atoms. The van der Waals surface area contributed by atoms with E-state index in [2.05, 4.69) is 22.5 Å². The Morgan fingerprint density at radius 3 is 2.62 bits per heavy atom. The average molecular weight is 418 g/mol. The maximum absolute atomic E-state index is 13.3. The predicted octanol–water partition coefficient (Wildman–Crippen LogP) is 5.96. The zero-order valence-corrected chi connectivity index (χ0v) is 16.2. The van der Waals surface area contributed by atoms with Gasteiger partial charge in [-0.3, -0.25) is 0 Å². The molecule has 0 spiro atoms. The van der Waals surface area contributed by atoms with Crippen LogP contribution in [0.4, 0.5) is 9.18 Å². The summed E-state index contributed by atoms with van der Waals surface area (Å²) >= 11 is 3.55. The van der Waals surface area contributed by atoms with Crippen molar-refractivity contribution in [3.05, 3.63) is 82.6 Å². The molecule has 1 heterocycles. The van der Waals surface area contributed by atoms with Gasteiger partial charge in [0.05, 0.1) is 6.04 Å². The van der Waals surface area contributed by atoms with Crippen LogP contribution < -0.4 is 0 Å². The molecule has 1 amide bonds. The highest BCUT2D eigenvalue weighted by atomic mass is 79.9. The Kier molecular flexibility index (Phi) is 5.47. The van der Waals surface area contributed by atoms with Crippen molar-refractivity contribution in [2.75, 3.05) is 6.54 Å². The van der Waals surface area contributed by atoms with E-state index in [1.165, 1.54) is 12.1 Å². The fraction of sp³-hybridized carbons (Fsp3) is 0.286. The first kappa shape index (κ1) is 18.6. The molecule has 0 aromatic heterocycles. The monoisotopic (exact) mass is 417 g/mol. The first-order valence-electron chi connectivity index (χ1n) is 8.58. The van der Waals surface area contributed by atoms with Gasteiger partial charge in [0.25, 0.3) is 0 Å². The van der Waals surface area contributed by atoms with Gasteiger partial charge < -0.3 is 9.64 Å². The number of hydrogen-bond donors (Lipinski definition) is 0. The van der Waals surface area contributed by atoms with E-state index < -0.39 is 5.60 Å². The van der Waals surface area contributed by atoms with Crippen LogP contribution in [-0.4, -0.2) is 17.5 Å². The van der Waals surface area contributed by atoms with E-state index in [1.54, 1.807) is 23.1 Å². The van der Waals surface area contributed by atoms with Gasteiger partial charge in [-0.2, -0.15) is 0 Å². The second-order valence-electron chi connectivity index (χ2n) is 6.50. The Bertz CT molecular complexity index is 808. The average Bonchev–Trinajstić information content (AvgIpc) is 2.62. The van der Waals surface area contributed by atoms with Crippen LogP contribution in [0.15, 0.2) is 65.7 Å². The molecule has 1 fully saturated rings. The van der Waals surface area contributed by atoms with Crippen LogP contribution in [0.5, 0.6) is 0 Å². The lowest BCUT2D eigenvalue weighted by Crippen LogP contribution is -2.48. The summed E-state index contributed by atoms with van der Waals surface area (Å²) < 4.78 is 20.2. The molecule has 5 heteroatoms. The Morgan fingerprint density at radius 1 is 1.31 bits per heavy atom. The Balaban J connectivity index is 1.85. The summed E-state index contributed by atoms with van der Waals surface area (Å²) in [7, 11) is 0. The zero-order valence-electron chi connectivity index (χ0n) is 14.6. The highest BCUT2D eigenvalue weighted by molar-refractivity contribution is 9.10. The van der Waals surface area contributed by atoms with Crippen LogP contribution >= 0.6 is 15.9 Å². The third kappa shape index (κ3) is 3.54. The molecule has 2 unspecified atom stereocenters. The molecule has 3 nitrogen and oxygen atoms in total. The van der Waals surface area contributed by atoms with Gasteiger partial charge in [-0.25, -0.2) is 9.18 Å². The summed E-state index contributed by atoms with van der Waals surface area (Å²) in [5.74, 6) is -0.311. The number of hydrogen-bond acceptors (Lipinski definition) is 2. The third-order valence-electron chi connectivity index (χ3n) is 4.94. The van der Waals surface area contributed by atoms with Gasteiger partial charge in [0.15, 0.2) is 0 Å². The van der Waals surface area contributed by atoms with Crippen LogP contribution in [0.25, 0.3) is 0 Å². The molecular weight excluding hydrogens is 397 g/mol. The SMILES string of the molecule is C=CCC1(c2ccc(F)cc2)CCN(C(C)c2ccccc2Br)C(=O)O1. The zero-order chi connectivity index (χ0) is 18.7. The number of rotatable bonds is 5. The Morgan fingerprint density at radius 2 is 2.00 bits per heavy atom. The summed E-state index contributed by atoms with van der Waals surface area (Å²) in [6.45, 7) is 6.33. The number of amides is 1. The molecule has 0 radical (unpaired) electrons. The molecule has 2 atom stereocenters. The van der Waals surface area contributed by atoms with Gasteiger partial charge in [0.2, 0.25) is 0 Å². The molecule has 136 valence electrons. The van der Waals surface area contributed by atoms with E-state index in [0.29, 0.717) is 19.4 Å². The summed E-state index contributed by atoms with van der Waals surface area (Å²) in [5.41, 5.74) is 1.03. The van der Waals surface area contributed by atoms with E-state index in [1.807, 2.05) is 31.2 Å². The second kappa shape index (κ2) is 7.62. The first-order chi connectivity index (χ1) is 12.5. The van der Waals surface area contributed by atoms with Crippen LogP contribution in [0.1, 0.15) is 36.9 Å². The van der Waals surface area contributed by atoms with Crippen molar-refractivity contribution in [1.82, 2.24) is 4.90 Å². The molecule has 3 rings (SSSR count). The quantitative estimate of drug-likeness (QED) is 0.561. The number of nitrogens with zero attached hydrogens (tertiary/aromatic N) is 1. The third-order valence-corrected chi connectivity index (χ3v) is 5.66. The summed E-state index contributed by atoms with van der Waals surface area (Å²) in [6.07, 6.45) is 2.47. The van der Waals surface area contributed by atoms with Crippen LogP contribution in [-0.2, 0) is 10.3 Å². The number of ether oxygens (including phenoxy) is 1. The molecule has 2 aromatic rings. The normalized spacial score (nSPS) is 21.2. The first-order valence-corrected chi connectivity index (χ1v) is 9.37. The second-order valence-corrected chi connectivity index (χ2v) is 7.36. The van der Waals surface area contributed by atoms with Crippen molar-refractivity contribution in [3.8, 4) is 0 Å². The highest BCUT2D eigenvalue weighted by Gasteiger charge is 2.42. The molecular formula is C21H21BrFNO2. The van der Waals surface area contributed by atoms with Crippen LogP contribution in [0.2, 0.25) is 0 Å². The molecule has 0 N–H and O–H groups in total. The lowest BCUT2D eigenvalue weighted by Gasteiger charge is -2.43. The van der Waals surface area contributed by atoms with Crippen molar-refractivity contribution < 1.29 is 13.9 Å². The number of benzene rings is 2. The maximum Gasteiger partial charge on any atom is 0.411 e. The van der Waals surface area contributed by atoms with Gasteiger partial charge in [0.1, 0.15) is 11.4 Å². The van der Waals surface area contributed by atoms with Gasteiger partial charge in [-0.15, -0.1) is 6.58 Å². The van der Waals surface area contributed by atoms with Crippen molar-refractivity contribution in [2.24, 2.45) is 0 Å². The number of cyclic esters (lactones) is 1. The minimum absolute atomic E-state index is 0.118. The lowest BCUT2D eigenvalue weighted by molar-refractivity contribution is -0.0589. The van der Waals surface area contributed by atoms with Crippen molar-refractivity contribution in [1.29, 1.82) is 0 Å². The van der Waals surface area contributed by atoms with Crippen molar-refractivity contribution in [2.45, 2.75) is 31.4 Å². The molecule has 26 heavy (non-hydrogen) atoms. The smallest absolute Gasteiger partial charge is 0.411 e. The fourth-order valence-corrected chi connectivity index (χ4v) is 4.07. The van der Waals surface area contributed by atoms with E-state index in [-0.39, 0.29) is 18.0 Å². The van der Waals surface area contributed by atoms with Gasteiger partial charge >= 0.3 is 6.09 Å². The van der Waals surface area contributed by atoms with E-state index in [9.17, 15) is 9.18 Å².